The topological polar surface area (TPSA) is 20.2 Å². The number of hydrogen-bond donors (Lipinski definition) is 1. The van der Waals surface area contributed by atoms with Gasteiger partial charge in [-0.25, -0.2) is 0 Å². The van der Waals surface area contributed by atoms with Crippen LogP contribution in [0.1, 0.15) is 53.4 Å². The van der Waals surface area contributed by atoms with Crippen molar-refractivity contribution >= 4 is 0 Å². The van der Waals surface area contributed by atoms with E-state index in [0.29, 0.717) is 0 Å². The summed E-state index contributed by atoms with van der Waals surface area (Å²) in [5, 5.41) is 9.29. The fourth-order valence-electron chi connectivity index (χ4n) is 1.78. The van der Waals surface area contributed by atoms with Crippen molar-refractivity contribution in [1.29, 1.82) is 0 Å². The summed E-state index contributed by atoms with van der Waals surface area (Å²) >= 11 is 0. The lowest BCUT2D eigenvalue weighted by Gasteiger charge is -2.23. The molecule has 12 heavy (non-hydrogen) atoms. The molecule has 0 bridgehead atoms. The largest absolute Gasteiger partial charge is 0.393 e. The van der Waals surface area contributed by atoms with E-state index in [0.717, 1.165) is 18.3 Å². The van der Waals surface area contributed by atoms with Crippen LogP contribution in [0.15, 0.2) is 0 Å². The first-order valence-corrected chi connectivity index (χ1v) is 5.29. The fraction of sp³-hybridized carbons (Fsp3) is 1.00. The Morgan fingerprint density at radius 2 is 1.75 bits per heavy atom. The van der Waals surface area contributed by atoms with Crippen LogP contribution in [-0.2, 0) is 0 Å². The van der Waals surface area contributed by atoms with Crippen LogP contribution in [0.3, 0.4) is 0 Å². The summed E-state index contributed by atoms with van der Waals surface area (Å²) in [7, 11) is 0. The maximum absolute atomic E-state index is 9.29. The van der Waals surface area contributed by atoms with E-state index >= 15 is 0 Å². The van der Waals surface area contributed by atoms with Crippen molar-refractivity contribution in [3.05, 3.63) is 0 Å². The van der Waals surface area contributed by atoms with Crippen molar-refractivity contribution in [2.24, 2.45) is 11.8 Å². The Labute approximate surface area is 77.2 Å². The van der Waals surface area contributed by atoms with Gasteiger partial charge in [0, 0.05) is 0 Å². The van der Waals surface area contributed by atoms with Crippen molar-refractivity contribution in [2.75, 3.05) is 0 Å². The van der Waals surface area contributed by atoms with Crippen molar-refractivity contribution in [1.82, 2.24) is 0 Å². The summed E-state index contributed by atoms with van der Waals surface area (Å²) in [6, 6.07) is 0. The molecule has 0 aromatic carbocycles. The first-order chi connectivity index (χ1) is 5.61. The molecule has 0 aliphatic heterocycles. The molecule has 0 rings (SSSR count). The minimum atomic E-state index is -0.129. The normalized spacial score (nSPS) is 18.8. The lowest BCUT2D eigenvalue weighted by atomic mass is 9.84. The van der Waals surface area contributed by atoms with Gasteiger partial charge in [-0.1, -0.05) is 40.0 Å². The van der Waals surface area contributed by atoms with Crippen LogP contribution >= 0.6 is 0 Å². The second kappa shape index (κ2) is 6.47. The third kappa shape index (κ3) is 4.76. The molecule has 1 unspecified atom stereocenters. The van der Waals surface area contributed by atoms with Gasteiger partial charge in [-0.3, -0.25) is 0 Å². The highest BCUT2D eigenvalue weighted by Crippen LogP contribution is 2.24. The van der Waals surface area contributed by atoms with E-state index in [1.165, 1.54) is 19.3 Å². The Kier molecular flexibility index (Phi) is 6.45. The minimum Gasteiger partial charge on any atom is -0.393 e. The highest BCUT2D eigenvalue weighted by molar-refractivity contribution is 4.67. The predicted octanol–water partition coefficient (Wildman–Crippen LogP) is 3.22. The van der Waals surface area contributed by atoms with E-state index in [4.69, 9.17) is 0 Å². The van der Waals surface area contributed by atoms with Crippen molar-refractivity contribution in [3.8, 4) is 0 Å². The van der Waals surface area contributed by atoms with Gasteiger partial charge < -0.3 is 5.11 Å². The summed E-state index contributed by atoms with van der Waals surface area (Å²) in [5.74, 6) is 1.49. The molecule has 0 aliphatic rings. The van der Waals surface area contributed by atoms with Crippen LogP contribution < -0.4 is 0 Å². The molecule has 1 nitrogen and oxygen atoms in total. The molecule has 0 amide bonds. The summed E-state index contributed by atoms with van der Waals surface area (Å²) < 4.78 is 0. The zero-order valence-corrected chi connectivity index (χ0v) is 9.01. The highest BCUT2D eigenvalue weighted by Gasteiger charge is 2.16. The van der Waals surface area contributed by atoms with Gasteiger partial charge in [-0.15, -0.1) is 0 Å². The second-order valence-corrected chi connectivity index (χ2v) is 4.02. The molecule has 1 N–H and O–H groups in total. The Hall–Kier alpha value is -0.0400. The average molecular weight is 172 g/mol. The molecule has 0 radical (unpaired) electrons. The molecular formula is C11H24O. The highest BCUT2D eigenvalue weighted by atomic mass is 16.3. The monoisotopic (exact) mass is 172 g/mol. The SMILES string of the molecule is CCCC(C[C@H](C)O)[C@@H](C)CC. The Balaban J connectivity index is 3.84. The van der Waals surface area contributed by atoms with Gasteiger partial charge in [0.1, 0.15) is 0 Å². The van der Waals surface area contributed by atoms with Crippen LogP contribution in [0.25, 0.3) is 0 Å². The molecule has 0 aromatic heterocycles. The van der Waals surface area contributed by atoms with Gasteiger partial charge >= 0.3 is 0 Å². The minimum absolute atomic E-state index is 0.129. The van der Waals surface area contributed by atoms with E-state index < -0.39 is 0 Å². The van der Waals surface area contributed by atoms with Crippen LogP contribution in [0.4, 0.5) is 0 Å². The van der Waals surface area contributed by atoms with Gasteiger partial charge in [0.15, 0.2) is 0 Å². The third-order valence-electron chi connectivity index (χ3n) is 2.75. The molecular weight excluding hydrogens is 148 g/mol. The molecule has 1 heteroatoms. The van der Waals surface area contributed by atoms with Gasteiger partial charge in [-0.2, -0.15) is 0 Å². The van der Waals surface area contributed by atoms with E-state index in [2.05, 4.69) is 20.8 Å². The number of aliphatic hydroxyl groups excluding tert-OH is 1. The Morgan fingerprint density at radius 1 is 1.17 bits per heavy atom. The average Bonchev–Trinajstić information content (AvgIpc) is 2.01. The van der Waals surface area contributed by atoms with Crippen LogP contribution in [-0.4, -0.2) is 11.2 Å². The van der Waals surface area contributed by atoms with Gasteiger partial charge in [0.2, 0.25) is 0 Å². The molecule has 0 spiro atoms. The molecule has 0 saturated carbocycles. The molecule has 74 valence electrons. The molecule has 0 heterocycles. The maximum Gasteiger partial charge on any atom is 0.0514 e. The molecule has 0 saturated heterocycles. The van der Waals surface area contributed by atoms with Gasteiger partial charge in [-0.05, 0) is 25.2 Å². The van der Waals surface area contributed by atoms with Crippen LogP contribution in [0.5, 0.6) is 0 Å². The number of aliphatic hydroxyl groups is 1. The summed E-state index contributed by atoms with van der Waals surface area (Å²) in [4.78, 5) is 0. The zero-order valence-electron chi connectivity index (χ0n) is 9.01. The van der Waals surface area contributed by atoms with E-state index in [1.54, 1.807) is 0 Å². The van der Waals surface area contributed by atoms with Crippen molar-refractivity contribution < 1.29 is 5.11 Å². The Morgan fingerprint density at radius 3 is 2.08 bits per heavy atom. The van der Waals surface area contributed by atoms with Crippen molar-refractivity contribution in [2.45, 2.75) is 59.5 Å². The standard InChI is InChI=1S/C11H24O/c1-5-7-11(8-10(4)12)9(3)6-2/h9-12H,5-8H2,1-4H3/t9-,10-,11?/m0/s1. The van der Waals surface area contributed by atoms with Crippen LogP contribution in [0, 0.1) is 11.8 Å². The third-order valence-corrected chi connectivity index (χ3v) is 2.75. The fourth-order valence-corrected chi connectivity index (χ4v) is 1.78. The first-order valence-electron chi connectivity index (χ1n) is 5.29. The number of hydrogen-bond acceptors (Lipinski definition) is 1. The zero-order chi connectivity index (χ0) is 9.56. The summed E-state index contributed by atoms with van der Waals surface area (Å²) in [6.45, 7) is 8.64. The van der Waals surface area contributed by atoms with Crippen LogP contribution in [0.2, 0.25) is 0 Å². The maximum atomic E-state index is 9.29. The van der Waals surface area contributed by atoms with E-state index in [9.17, 15) is 5.11 Å². The van der Waals surface area contributed by atoms with E-state index in [-0.39, 0.29) is 6.10 Å². The van der Waals surface area contributed by atoms with Gasteiger partial charge in [0.05, 0.1) is 6.10 Å². The molecule has 0 fully saturated rings. The Bertz CT molecular complexity index is 99.2. The summed E-state index contributed by atoms with van der Waals surface area (Å²) in [5.41, 5.74) is 0. The first kappa shape index (κ1) is 12.0. The molecule has 0 aromatic rings. The smallest absolute Gasteiger partial charge is 0.0514 e. The van der Waals surface area contributed by atoms with E-state index in [1.807, 2.05) is 6.92 Å². The lowest BCUT2D eigenvalue weighted by Crippen LogP contribution is -2.16. The number of rotatable bonds is 6. The summed E-state index contributed by atoms with van der Waals surface area (Å²) in [6.07, 6.45) is 4.58. The lowest BCUT2D eigenvalue weighted by molar-refractivity contribution is 0.137. The molecule has 0 aliphatic carbocycles. The van der Waals surface area contributed by atoms with Crippen molar-refractivity contribution in [3.63, 3.8) is 0 Å². The predicted molar refractivity (Wildman–Crippen MR) is 54.2 cm³/mol. The quantitative estimate of drug-likeness (QED) is 0.652. The van der Waals surface area contributed by atoms with Gasteiger partial charge in [0.25, 0.3) is 0 Å². The molecule has 3 atom stereocenters. The second-order valence-electron chi connectivity index (χ2n) is 4.02.